The van der Waals surface area contributed by atoms with Crippen molar-refractivity contribution in [2.45, 2.75) is 26.9 Å². The molecule has 2 N–H and O–H groups in total. The number of ether oxygens (including phenoxy) is 2. The van der Waals surface area contributed by atoms with E-state index in [0.29, 0.717) is 13.1 Å². The molecule has 0 aliphatic heterocycles. The predicted molar refractivity (Wildman–Crippen MR) is 108 cm³/mol. The van der Waals surface area contributed by atoms with Crippen LogP contribution in [0.5, 0.6) is 0 Å². The molecule has 0 spiro atoms. The van der Waals surface area contributed by atoms with Gasteiger partial charge in [0.25, 0.3) is 0 Å². The fourth-order valence-electron chi connectivity index (χ4n) is 2.79. The van der Waals surface area contributed by atoms with E-state index in [1.54, 1.807) is 26.2 Å². The van der Waals surface area contributed by atoms with Gasteiger partial charge in [0.2, 0.25) is 0 Å². The zero-order chi connectivity index (χ0) is 21.0. The standard InChI is InChI=1S/C21H28N4O4/c1-3-28-19(26)21(20(27)29-4-2,15-22-13-17-9-5-7-11-24-17)16-23-14-18-10-6-8-12-25-18/h5-12,22-23H,3-4,13-16H2,1-2H3. The van der Waals surface area contributed by atoms with Crippen LogP contribution in [0.15, 0.2) is 48.8 Å². The van der Waals surface area contributed by atoms with Crippen molar-refractivity contribution in [2.24, 2.45) is 5.41 Å². The van der Waals surface area contributed by atoms with E-state index in [4.69, 9.17) is 9.47 Å². The number of nitrogens with one attached hydrogen (secondary N) is 2. The molecule has 156 valence electrons. The molecule has 0 bridgehead atoms. The molecule has 0 aliphatic carbocycles. The van der Waals surface area contributed by atoms with Crippen molar-refractivity contribution >= 4 is 11.9 Å². The van der Waals surface area contributed by atoms with Gasteiger partial charge in [0.15, 0.2) is 5.41 Å². The number of hydrogen-bond donors (Lipinski definition) is 2. The number of carbonyl (C=O) groups excluding carboxylic acids is 2. The zero-order valence-corrected chi connectivity index (χ0v) is 16.9. The largest absolute Gasteiger partial charge is 0.465 e. The molecule has 0 saturated heterocycles. The minimum Gasteiger partial charge on any atom is -0.465 e. The SMILES string of the molecule is CCOC(=O)C(CNCc1ccccn1)(CNCc1ccccn1)C(=O)OCC. The summed E-state index contributed by atoms with van der Waals surface area (Å²) in [5, 5.41) is 6.30. The maximum Gasteiger partial charge on any atom is 0.326 e. The molecular formula is C21H28N4O4. The quantitative estimate of drug-likeness (QED) is 0.408. The smallest absolute Gasteiger partial charge is 0.326 e. The van der Waals surface area contributed by atoms with Crippen molar-refractivity contribution in [3.8, 4) is 0 Å². The summed E-state index contributed by atoms with van der Waals surface area (Å²) in [6.07, 6.45) is 3.38. The Morgan fingerprint density at radius 2 is 1.28 bits per heavy atom. The van der Waals surface area contributed by atoms with Crippen LogP contribution in [-0.4, -0.2) is 48.2 Å². The highest BCUT2D eigenvalue weighted by atomic mass is 16.6. The van der Waals surface area contributed by atoms with Gasteiger partial charge in [-0.05, 0) is 38.1 Å². The Labute approximate surface area is 171 Å². The maximum absolute atomic E-state index is 12.8. The highest BCUT2D eigenvalue weighted by molar-refractivity contribution is 6.00. The molecule has 29 heavy (non-hydrogen) atoms. The highest BCUT2D eigenvalue weighted by Crippen LogP contribution is 2.21. The molecule has 0 radical (unpaired) electrons. The predicted octanol–water partition coefficient (Wildman–Crippen LogP) is 1.47. The molecule has 2 aromatic rings. The molecule has 2 rings (SSSR count). The molecule has 8 heteroatoms. The molecule has 0 amide bonds. The van der Waals surface area contributed by atoms with E-state index in [0.717, 1.165) is 11.4 Å². The number of esters is 2. The second kappa shape index (κ2) is 11.9. The number of nitrogens with zero attached hydrogens (tertiary/aromatic N) is 2. The highest BCUT2D eigenvalue weighted by Gasteiger charge is 2.48. The first-order valence-electron chi connectivity index (χ1n) is 9.68. The van der Waals surface area contributed by atoms with Crippen LogP contribution in [0, 0.1) is 5.41 Å². The molecule has 8 nitrogen and oxygen atoms in total. The molecule has 0 unspecified atom stereocenters. The fourth-order valence-corrected chi connectivity index (χ4v) is 2.79. The van der Waals surface area contributed by atoms with E-state index in [2.05, 4.69) is 20.6 Å². The third-order valence-electron chi connectivity index (χ3n) is 4.25. The average molecular weight is 400 g/mol. The van der Waals surface area contributed by atoms with Crippen LogP contribution >= 0.6 is 0 Å². The van der Waals surface area contributed by atoms with Gasteiger partial charge in [0.05, 0.1) is 24.6 Å². The first kappa shape index (κ1) is 22.4. The number of hydrogen-bond acceptors (Lipinski definition) is 8. The molecule has 0 saturated carbocycles. The van der Waals surface area contributed by atoms with Crippen molar-refractivity contribution in [3.63, 3.8) is 0 Å². The molecule has 0 aliphatic rings. The van der Waals surface area contributed by atoms with Crippen LogP contribution in [0.25, 0.3) is 0 Å². The van der Waals surface area contributed by atoms with Gasteiger partial charge in [-0.2, -0.15) is 0 Å². The summed E-state index contributed by atoms with van der Waals surface area (Å²) in [4.78, 5) is 34.2. The Hall–Kier alpha value is -2.84. The van der Waals surface area contributed by atoms with E-state index in [1.807, 2.05) is 36.4 Å². The zero-order valence-electron chi connectivity index (χ0n) is 16.9. The van der Waals surface area contributed by atoms with Crippen LogP contribution in [0.1, 0.15) is 25.2 Å². The molecule has 0 fully saturated rings. The topological polar surface area (TPSA) is 102 Å². The van der Waals surface area contributed by atoms with E-state index < -0.39 is 17.4 Å². The lowest BCUT2D eigenvalue weighted by Gasteiger charge is -2.29. The Morgan fingerprint density at radius 3 is 1.62 bits per heavy atom. The van der Waals surface area contributed by atoms with Gasteiger partial charge in [-0.3, -0.25) is 19.6 Å². The van der Waals surface area contributed by atoms with E-state index in [1.165, 1.54) is 0 Å². The van der Waals surface area contributed by atoms with Crippen molar-refractivity contribution in [3.05, 3.63) is 60.2 Å². The molecule has 2 heterocycles. The lowest BCUT2D eigenvalue weighted by molar-refractivity contribution is -0.171. The number of carbonyl (C=O) groups is 2. The fraction of sp³-hybridized carbons (Fsp3) is 0.429. The minimum absolute atomic E-state index is 0.0520. The molecular weight excluding hydrogens is 372 g/mol. The molecule has 0 atom stereocenters. The summed E-state index contributed by atoms with van der Waals surface area (Å²) in [6, 6.07) is 11.1. The Bertz CT molecular complexity index is 690. The van der Waals surface area contributed by atoms with Gasteiger partial charge in [0, 0.05) is 38.6 Å². The summed E-state index contributed by atoms with van der Waals surface area (Å²) in [6.45, 7) is 4.66. The van der Waals surface area contributed by atoms with Gasteiger partial charge in [-0.15, -0.1) is 0 Å². The third-order valence-corrected chi connectivity index (χ3v) is 4.25. The van der Waals surface area contributed by atoms with E-state index >= 15 is 0 Å². The second-order valence-corrected chi connectivity index (χ2v) is 6.37. The van der Waals surface area contributed by atoms with Gasteiger partial charge in [-0.1, -0.05) is 12.1 Å². The Kier molecular flexibility index (Phi) is 9.20. The van der Waals surface area contributed by atoms with Crippen LogP contribution in [0.4, 0.5) is 0 Å². The second-order valence-electron chi connectivity index (χ2n) is 6.37. The summed E-state index contributed by atoms with van der Waals surface area (Å²) in [5.74, 6) is -1.25. The van der Waals surface area contributed by atoms with Crippen LogP contribution in [0.3, 0.4) is 0 Å². The normalized spacial score (nSPS) is 11.1. The molecule has 2 aromatic heterocycles. The lowest BCUT2D eigenvalue weighted by atomic mass is 9.87. The van der Waals surface area contributed by atoms with Gasteiger partial charge < -0.3 is 20.1 Å². The first-order valence-corrected chi connectivity index (χ1v) is 9.68. The molecule has 0 aromatic carbocycles. The lowest BCUT2D eigenvalue weighted by Crippen LogP contribution is -2.54. The Balaban J connectivity index is 2.14. The van der Waals surface area contributed by atoms with Crippen LogP contribution in [0.2, 0.25) is 0 Å². The van der Waals surface area contributed by atoms with Crippen molar-refractivity contribution in [2.75, 3.05) is 26.3 Å². The number of aromatic nitrogens is 2. The average Bonchev–Trinajstić information content (AvgIpc) is 2.74. The van der Waals surface area contributed by atoms with Crippen molar-refractivity contribution in [1.82, 2.24) is 20.6 Å². The van der Waals surface area contributed by atoms with E-state index in [-0.39, 0.29) is 26.3 Å². The third kappa shape index (κ3) is 6.62. The van der Waals surface area contributed by atoms with Gasteiger partial charge in [0.1, 0.15) is 0 Å². The monoisotopic (exact) mass is 400 g/mol. The van der Waals surface area contributed by atoms with Crippen LogP contribution in [-0.2, 0) is 32.2 Å². The van der Waals surface area contributed by atoms with Gasteiger partial charge >= 0.3 is 11.9 Å². The van der Waals surface area contributed by atoms with Crippen LogP contribution < -0.4 is 10.6 Å². The number of pyridine rings is 2. The summed E-state index contributed by atoms with van der Waals surface area (Å²) in [5.41, 5.74) is 0.0846. The summed E-state index contributed by atoms with van der Waals surface area (Å²) < 4.78 is 10.5. The Morgan fingerprint density at radius 1 is 0.828 bits per heavy atom. The van der Waals surface area contributed by atoms with E-state index in [9.17, 15) is 9.59 Å². The number of rotatable bonds is 12. The first-order chi connectivity index (χ1) is 14.1. The minimum atomic E-state index is -1.52. The summed E-state index contributed by atoms with van der Waals surface area (Å²) >= 11 is 0. The van der Waals surface area contributed by atoms with Crippen molar-refractivity contribution in [1.29, 1.82) is 0 Å². The van der Waals surface area contributed by atoms with Gasteiger partial charge in [-0.25, -0.2) is 0 Å². The van der Waals surface area contributed by atoms with Crippen molar-refractivity contribution < 1.29 is 19.1 Å². The summed E-state index contributed by atoms with van der Waals surface area (Å²) in [7, 11) is 0. The maximum atomic E-state index is 12.8.